The van der Waals surface area contributed by atoms with E-state index in [9.17, 15) is 35.1 Å². The minimum absolute atomic E-state index is 0.118. The summed E-state index contributed by atoms with van der Waals surface area (Å²) in [4.78, 5) is 26.4. The van der Waals surface area contributed by atoms with Gasteiger partial charge in [0.2, 0.25) is 5.91 Å². The lowest BCUT2D eigenvalue weighted by atomic mass is 9.99. The zero-order valence-electron chi connectivity index (χ0n) is 44.4. The fourth-order valence-corrected chi connectivity index (χ4v) is 8.88. The van der Waals surface area contributed by atoms with Crippen molar-refractivity contribution in [2.24, 2.45) is 0 Å². The molecule has 11 heteroatoms. The topological polar surface area (TPSA) is 175 Å². The summed E-state index contributed by atoms with van der Waals surface area (Å²) in [6.45, 7) is 5.75. The van der Waals surface area contributed by atoms with Crippen LogP contribution in [-0.2, 0) is 23.8 Å². The summed E-state index contributed by atoms with van der Waals surface area (Å²) in [7, 11) is 0. The summed E-state index contributed by atoms with van der Waals surface area (Å²) < 4.78 is 17.6. The molecule has 1 rings (SSSR count). The Bertz CT molecular complexity index is 1260. The van der Waals surface area contributed by atoms with Gasteiger partial charge in [0.05, 0.1) is 25.4 Å². The third-order valence-electron chi connectivity index (χ3n) is 13.5. The molecule has 0 aromatic rings. The lowest BCUT2D eigenvalue weighted by Gasteiger charge is -2.41. The van der Waals surface area contributed by atoms with Gasteiger partial charge in [-0.2, -0.15) is 0 Å². The van der Waals surface area contributed by atoms with Crippen molar-refractivity contribution in [3.63, 3.8) is 0 Å². The Morgan fingerprint density at radius 3 is 1.42 bits per heavy atom. The molecule has 0 aliphatic carbocycles. The van der Waals surface area contributed by atoms with Gasteiger partial charge in [-0.25, -0.2) is 0 Å². The predicted octanol–water partition coefficient (Wildman–Crippen LogP) is 12.7. The average Bonchev–Trinajstić information content (AvgIpc) is 3.34. The van der Waals surface area contributed by atoms with Crippen LogP contribution in [0.5, 0.6) is 0 Å². The van der Waals surface area contributed by atoms with Crippen molar-refractivity contribution in [1.82, 2.24) is 5.32 Å². The van der Waals surface area contributed by atoms with Crippen LogP contribution in [0.25, 0.3) is 0 Å². The summed E-state index contributed by atoms with van der Waals surface area (Å²) >= 11 is 0. The summed E-state index contributed by atoms with van der Waals surface area (Å²) in [5, 5.41) is 56.7. The molecule has 69 heavy (non-hydrogen) atoms. The van der Waals surface area contributed by atoms with Crippen LogP contribution in [0.4, 0.5) is 0 Å². The van der Waals surface area contributed by atoms with Crippen molar-refractivity contribution in [3.05, 3.63) is 36.5 Å². The highest BCUT2D eigenvalue weighted by Gasteiger charge is 2.47. The largest absolute Gasteiger partial charge is 0.454 e. The maximum Gasteiger partial charge on any atom is 0.306 e. The molecule has 0 radical (unpaired) electrons. The van der Waals surface area contributed by atoms with Crippen molar-refractivity contribution in [2.75, 3.05) is 13.2 Å². The number of unbranched alkanes of at least 4 members (excludes halogenated alkanes) is 30. The van der Waals surface area contributed by atoms with Crippen LogP contribution in [0.1, 0.15) is 258 Å². The molecule has 1 fully saturated rings. The fraction of sp³-hybridized carbons (Fsp3) is 0.862. The lowest BCUT2D eigenvalue weighted by Crippen LogP contribution is -2.61. The van der Waals surface area contributed by atoms with Crippen molar-refractivity contribution >= 4 is 11.9 Å². The highest BCUT2D eigenvalue weighted by Crippen LogP contribution is 2.26. The maximum absolute atomic E-state index is 13.3. The van der Waals surface area contributed by atoms with Crippen LogP contribution in [0, 0.1) is 0 Å². The van der Waals surface area contributed by atoms with Gasteiger partial charge in [0.1, 0.15) is 24.4 Å². The third-order valence-corrected chi connectivity index (χ3v) is 13.5. The number of carbonyl (C=O) groups is 2. The molecule has 1 heterocycles. The van der Waals surface area contributed by atoms with Crippen LogP contribution in [-0.4, -0.2) is 99.6 Å². The molecule has 8 atom stereocenters. The van der Waals surface area contributed by atoms with Gasteiger partial charge in [-0.05, 0) is 77.0 Å². The molecule has 1 aliphatic rings. The number of rotatable bonds is 48. The molecule has 0 aromatic carbocycles. The summed E-state index contributed by atoms with van der Waals surface area (Å²) in [6.07, 6.45) is 43.3. The van der Waals surface area contributed by atoms with Crippen LogP contribution < -0.4 is 5.32 Å². The number of allylic oxidation sites excluding steroid dienone is 5. The van der Waals surface area contributed by atoms with Crippen LogP contribution in [0.15, 0.2) is 36.5 Å². The number of ether oxygens (including phenoxy) is 3. The summed E-state index contributed by atoms with van der Waals surface area (Å²) in [6, 6.07) is -1.03. The zero-order valence-corrected chi connectivity index (χ0v) is 44.4. The molecule has 6 N–H and O–H groups in total. The van der Waals surface area contributed by atoms with Crippen LogP contribution in [0.3, 0.4) is 0 Å². The number of aliphatic hydroxyl groups excluding tert-OH is 5. The second-order valence-electron chi connectivity index (χ2n) is 20.0. The first-order valence-corrected chi connectivity index (χ1v) is 28.8. The van der Waals surface area contributed by atoms with E-state index in [4.69, 9.17) is 14.2 Å². The number of amides is 1. The first-order chi connectivity index (χ1) is 33.7. The summed E-state index contributed by atoms with van der Waals surface area (Å²) in [5.74, 6) is -1.21. The SMILES string of the molecule is CCCCCC/C=C\CCCCCCCCCC(=O)OC1C(OCC(NC(=O)C(O)CCCC/C=C\CCCCCCCC)C(O)/C=C/CCCCCCCCCCCCC)OC(CO)C(O)C1O. The molecule has 0 aromatic heterocycles. The Kier molecular flexibility index (Phi) is 44.1. The number of esters is 1. The van der Waals surface area contributed by atoms with E-state index in [1.54, 1.807) is 6.08 Å². The van der Waals surface area contributed by atoms with Gasteiger partial charge in [0.25, 0.3) is 0 Å². The molecule has 1 aliphatic heterocycles. The minimum Gasteiger partial charge on any atom is -0.454 e. The molecule has 1 amide bonds. The molecule has 0 bridgehead atoms. The molecule has 1 saturated heterocycles. The van der Waals surface area contributed by atoms with E-state index < -0.39 is 67.4 Å². The van der Waals surface area contributed by atoms with E-state index >= 15 is 0 Å². The Morgan fingerprint density at radius 1 is 0.551 bits per heavy atom. The lowest BCUT2D eigenvalue weighted by molar-refractivity contribution is -0.305. The van der Waals surface area contributed by atoms with Crippen LogP contribution >= 0.6 is 0 Å². The van der Waals surface area contributed by atoms with Crippen LogP contribution in [0.2, 0.25) is 0 Å². The number of carbonyl (C=O) groups excluding carboxylic acids is 2. The van der Waals surface area contributed by atoms with Gasteiger partial charge in [0.15, 0.2) is 12.4 Å². The van der Waals surface area contributed by atoms with E-state index in [1.165, 1.54) is 141 Å². The molecule has 0 spiro atoms. The summed E-state index contributed by atoms with van der Waals surface area (Å²) in [5.41, 5.74) is 0. The smallest absolute Gasteiger partial charge is 0.306 e. The quantitative estimate of drug-likeness (QED) is 0.0196. The monoisotopic (exact) mass is 978 g/mol. The van der Waals surface area contributed by atoms with E-state index in [2.05, 4.69) is 50.4 Å². The van der Waals surface area contributed by atoms with Gasteiger partial charge < -0.3 is 45.1 Å². The Hall–Kier alpha value is -2.12. The first-order valence-electron chi connectivity index (χ1n) is 28.8. The van der Waals surface area contributed by atoms with Gasteiger partial charge >= 0.3 is 5.97 Å². The standard InChI is InChI=1S/C58H107NO10/c1-4-7-10-13-16-19-22-25-26-28-31-34-37-40-43-46-53(63)69-56-55(65)54(64)52(47-60)68-58(56)67-48-49(50(61)44-41-38-35-32-30-27-23-20-17-14-11-8-5-2)59-57(66)51(62)45-42-39-36-33-29-24-21-18-15-12-9-6-3/h19,22,29,33,41,44,49-52,54-56,58,60-62,64-65H,4-18,20-21,23-28,30-32,34-40,42-43,45-48H2,1-3H3,(H,59,66)/b22-19-,33-29-,44-41+. The predicted molar refractivity (Wildman–Crippen MR) is 283 cm³/mol. The highest BCUT2D eigenvalue weighted by molar-refractivity contribution is 5.80. The highest BCUT2D eigenvalue weighted by atomic mass is 16.7. The van der Waals surface area contributed by atoms with Gasteiger partial charge in [-0.1, -0.05) is 211 Å². The molecule has 404 valence electrons. The van der Waals surface area contributed by atoms with E-state index in [-0.39, 0.29) is 19.4 Å². The molecular formula is C58H107NO10. The van der Waals surface area contributed by atoms with E-state index in [0.29, 0.717) is 12.8 Å². The molecule has 0 saturated carbocycles. The number of aliphatic hydroxyl groups is 5. The Morgan fingerprint density at radius 2 is 0.957 bits per heavy atom. The molecule has 11 nitrogen and oxygen atoms in total. The van der Waals surface area contributed by atoms with Gasteiger partial charge in [-0.3, -0.25) is 9.59 Å². The van der Waals surface area contributed by atoms with Crippen molar-refractivity contribution in [2.45, 2.75) is 307 Å². The van der Waals surface area contributed by atoms with Gasteiger partial charge in [-0.15, -0.1) is 0 Å². The maximum atomic E-state index is 13.3. The van der Waals surface area contributed by atoms with Gasteiger partial charge in [0, 0.05) is 6.42 Å². The second kappa shape index (κ2) is 46.9. The number of hydrogen-bond acceptors (Lipinski definition) is 10. The molecular weight excluding hydrogens is 871 g/mol. The minimum atomic E-state index is -1.61. The number of nitrogens with one attached hydrogen (secondary N) is 1. The van der Waals surface area contributed by atoms with Crippen molar-refractivity contribution in [1.29, 1.82) is 0 Å². The van der Waals surface area contributed by atoms with E-state index in [0.717, 1.165) is 70.6 Å². The zero-order chi connectivity index (χ0) is 50.4. The average molecular weight is 978 g/mol. The van der Waals surface area contributed by atoms with Crippen molar-refractivity contribution < 1.29 is 49.3 Å². The normalized spacial score (nSPS) is 20.0. The Labute approximate surface area is 422 Å². The van der Waals surface area contributed by atoms with Crippen molar-refractivity contribution in [3.8, 4) is 0 Å². The number of hydrogen-bond donors (Lipinski definition) is 6. The van der Waals surface area contributed by atoms with E-state index in [1.807, 2.05) is 6.08 Å². The molecule has 8 unspecified atom stereocenters. The fourth-order valence-electron chi connectivity index (χ4n) is 8.88. The Balaban J connectivity index is 2.75. The third kappa shape index (κ3) is 35.6. The first kappa shape index (κ1) is 64.9. The second-order valence-corrected chi connectivity index (χ2v) is 20.0.